The van der Waals surface area contributed by atoms with Crippen molar-refractivity contribution in [3.63, 3.8) is 0 Å². The van der Waals surface area contributed by atoms with Gasteiger partial charge in [-0.3, -0.25) is 4.79 Å². The highest BCUT2D eigenvalue weighted by molar-refractivity contribution is 7.22. The van der Waals surface area contributed by atoms with E-state index >= 15 is 0 Å². The summed E-state index contributed by atoms with van der Waals surface area (Å²) in [5.74, 6) is -0.352. The number of ketones is 1. The minimum atomic E-state index is -1.48. The van der Waals surface area contributed by atoms with E-state index in [-0.39, 0.29) is 5.78 Å². The first-order valence-corrected chi connectivity index (χ1v) is 12.1. The molecule has 0 saturated carbocycles. The average Bonchev–Trinajstić information content (AvgIpc) is 3.28. The number of thiophene rings is 1. The van der Waals surface area contributed by atoms with Crippen molar-refractivity contribution in [2.75, 3.05) is 6.61 Å². The van der Waals surface area contributed by atoms with E-state index in [1.165, 1.54) is 19.9 Å². The lowest BCUT2D eigenvalue weighted by atomic mass is 10.0. The maximum atomic E-state index is 12.7. The van der Waals surface area contributed by atoms with Gasteiger partial charge in [-0.1, -0.05) is 48.5 Å². The third-order valence-corrected chi connectivity index (χ3v) is 6.60. The Morgan fingerprint density at radius 1 is 0.971 bits per heavy atom. The SMILES string of the molecule is CCOc1cc(OC(C)(C)C(=O)O)c(C=CC(=O)c2ccccc2)cc1-c1cc2ccccc2s1. The molecule has 0 aliphatic carbocycles. The van der Waals surface area contributed by atoms with E-state index in [0.717, 1.165) is 20.5 Å². The molecule has 6 heteroatoms. The van der Waals surface area contributed by atoms with Crippen LogP contribution in [0.3, 0.4) is 0 Å². The molecule has 0 atom stereocenters. The summed E-state index contributed by atoms with van der Waals surface area (Å²) in [5, 5.41) is 10.7. The quantitative estimate of drug-likeness (QED) is 0.202. The highest BCUT2D eigenvalue weighted by Gasteiger charge is 2.31. The summed E-state index contributed by atoms with van der Waals surface area (Å²) in [6.07, 6.45) is 3.13. The van der Waals surface area contributed by atoms with Crippen molar-refractivity contribution in [3.05, 3.63) is 90.0 Å². The minimum Gasteiger partial charge on any atom is -0.493 e. The van der Waals surface area contributed by atoms with Crippen LogP contribution >= 0.6 is 11.3 Å². The molecule has 0 aliphatic heterocycles. The van der Waals surface area contributed by atoms with E-state index in [4.69, 9.17) is 9.47 Å². The van der Waals surface area contributed by atoms with Crippen LogP contribution in [0.5, 0.6) is 11.5 Å². The summed E-state index contributed by atoms with van der Waals surface area (Å²) in [5.41, 5.74) is 0.516. The van der Waals surface area contributed by atoms with E-state index in [1.54, 1.807) is 47.7 Å². The van der Waals surface area contributed by atoms with Crippen LogP contribution in [0.1, 0.15) is 36.7 Å². The third-order valence-electron chi connectivity index (χ3n) is 5.46. The highest BCUT2D eigenvalue weighted by atomic mass is 32.1. The third kappa shape index (κ3) is 5.44. The van der Waals surface area contributed by atoms with Gasteiger partial charge in [0.2, 0.25) is 0 Å². The fraction of sp³-hybridized carbons (Fsp3) is 0.172. The summed E-state index contributed by atoms with van der Waals surface area (Å²) >= 11 is 1.64. The Labute approximate surface area is 208 Å². The van der Waals surface area contributed by atoms with Crippen LogP contribution in [0.15, 0.2) is 78.9 Å². The van der Waals surface area contributed by atoms with Crippen LogP contribution < -0.4 is 9.47 Å². The molecule has 1 heterocycles. The summed E-state index contributed by atoms with van der Waals surface area (Å²) in [6.45, 7) is 5.29. The van der Waals surface area contributed by atoms with Gasteiger partial charge in [-0.05, 0) is 56.5 Å². The average molecular weight is 487 g/mol. The first-order chi connectivity index (χ1) is 16.8. The number of carbonyl (C=O) groups is 2. The molecule has 4 rings (SSSR count). The first kappa shape index (κ1) is 24.2. The number of carbonyl (C=O) groups excluding carboxylic acids is 1. The number of allylic oxidation sites excluding steroid dienone is 1. The van der Waals surface area contributed by atoms with Crippen LogP contribution in [0.25, 0.3) is 26.6 Å². The molecule has 0 unspecified atom stereocenters. The molecule has 0 saturated heterocycles. The van der Waals surface area contributed by atoms with Crippen LogP contribution in [-0.2, 0) is 4.79 Å². The number of ether oxygens (including phenoxy) is 2. The lowest BCUT2D eigenvalue weighted by Gasteiger charge is -2.24. The Bertz CT molecular complexity index is 1370. The van der Waals surface area contributed by atoms with Crippen molar-refractivity contribution in [1.82, 2.24) is 0 Å². The predicted octanol–water partition coefficient (Wildman–Crippen LogP) is 7.11. The van der Waals surface area contributed by atoms with Crippen LogP contribution in [0, 0.1) is 0 Å². The largest absolute Gasteiger partial charge is 0.493 e. The van der Waals surface area contributed by atoms with Crippen molar-refractivity contribution in [1.29, 1.82) is 0 Å². The maximum absolute atomic E-state index is 12.7. The van der Waals surface area contributed by atoms with E-state index in [9.17, 15) is 14.7 Å². The lowest BCUT2D eigenvalue weighted by molar-refractivity contribution is -0.152. The fourth-order valence-electron chi connectivity index (χ4n) is 3.56. The number of fused-ring (bicyclic) bond motifs is 1. The Balaban J connectivity index is 1.84. The molecule has 35 heavy (non-hydrogen) atoms. The Morgan fingerprint density at radius 2 is 1.69 bits per heavy atom. The molecule has 0 bridgehead atoms. The van der Waals surface area contributed by atoms with E-state index in [1.807, 2.05) is 31.2 Å². The topological polar surface area (TPSA) is 72.8 Å². The van der Waals surface area contributed by atoms with Crippen LogP contribution in [0.2, 0.25) is 0 Å². The number of aliphatic carboxylic acids is 1. The van der Waals surface area contributed by atoms with Crippen molar-refractivity contribution in [2.24, 2.45) is 0 Å². The molecule has 3 aromatic carbocycles. The van der Waals surface area contributed by atoms with Gasteiger partial charge in [0, 0.05) is 32.3 Å². The molecule has 1 N–H and O–H groups in total. The van der Waals surface area contributed by atoms with Gasteiger partial charge in [0.25, 0.3) is 0 Å². The van der Waals surface area contributed by atoms with Gasteiger partial charge in [-0.2, -0.15) is 0 Å². The standard InChI is InChI=1S/C29H26O5S/c1-4-33-25-18-24(34-29(2,3)28(31)32)20(14-15-23(30)19-10-6-5-7-11-19)16-22(25)27-17-21-12-8-9-13-26(21)35-27/h5-18H,4H2,1-3H3,(H,31,32). The van der Waals surface area contributed by atoms with Crippen molar-refractivity contribution in [3.8, 4) is 21.9 Å². The molecular weight excluding hydrogens is 460 g/mol. The van der Waals surface area contributed by atoms with Gasteiger partial charge >= 0.3 is 5.97 Å². The Kier molecular flexibility index (Phi) is 7.03. The zero-order valence-electron chi connectivity index (χ0n) is 19.8. The Morgan fingerprint density at radius 3 is 2.37 bits per heavy atom. The van der Waals surface area contributed by atoms with Crippen molar-refractivity contribution >= 4 is 39.3 Å². The summed E-state index contributed by atoms with van der Waals surface area (Å²) < 4.78 is 13.0. The second-order valence-corrected chi connectivity index (χ2v) is 9.53. The van der Waals surface area contributed by atoms with Crippen LogP contribution in [-0.4, -0.2) is 29.1 Å². The smallest absolute Gasteiger partial charge is 0.347 e. The highest BCUT2D eigenvalue weighted by Crippen LogP contribution is 2.42. The zero-order chi connectivity index (χ0) is 25.0. The fourth-order valence-corrected chi connectivity index (χ4v) is 4.65. The summed E-state index contributed by atoms with van der Waals surface area (Å²) in [7, 11) is 0. The van der Waals surface area contributed by atoms with Gasteiger partial charge in [0.15, 0.2) is 11.4 Å². The molecular formula is C29H26O5S. The van der Waals surface area contributed by atoms with E-state index in [2.05, 4.69) is 18.2 Å². The predicted molar refractivity (Wildman–Crippen MR) is 141 cm³/mol. The molecule has 1 aromatic heterocycles. The second kappa shape index (κ2) is 10.2. The van der Waals surface area contributed by atoms with Gasteiger partial charge in [-0.25, -0.2) is 4.79 Å². The number of carboxylic acids is 1. The van der Waals surface area contributed by atoms with E-state index < -0.39 is 11.6 Å². The zero-order valence-corrected chi connectivity index (χ0v) is 20.6. The van der Waals surface area contributed by atoms with Gasteiger partial charge in [0.1, 0.15) is 11.5 Å². The number of hydrogen-bond donors (Lipinski definition) is 1. The van der Waals surface area contributed by atoms with Gasteiger partial charge in [-0.15, -0.1) is 11.3 Å². The van der Waals surface area contributed by atoms with Gasteiger partial charge < -0.3 is 14.6 Å². The number of rotatable bonds is 9. The monoisotopic (exact) mass is 486 g/mol. The molecule has 178 valence electrons. The molecule has 4 aromatic rings. The van der Waals surface area contributed by atoms with Crippen molar-refractivity contribution < 1.29 is 24.2 Å². The van der Waals surface area contributed by atoms with Crippen LogP contribution in [0.4, 0.5) is 0 Å². The summed E-state index contributed by atoms with van der Waals surface area (Å²) in [6, 6.07) is 22.8. The molecule has 5 nitrogen and oxygen atoms in total. The molecule has 0 spiro atoms. The molecule has 0 radical (unpaired) electrons. The van der Waals surface area contributed by atoms with Gasteiger partial charge in [0.05, 0.1) is 6.61 Å². The van der Waals surface area contributed by atoms with E-state index in [0.29, 0.717) is 29.2 Å². The molecule has 0 fully saturated rings. The number of benzene rings is 3. The maximum Gasteiger partial charge on any atom is 0.347 e. The normalized spacial score (nSPS) is 11.6. The summed E-state index contributed by atoms with van der Waals surface area (Å²) in [4.78, 5) is 25.5. The number of carboxylic acid groups (broad SMARTS) is 1. The number of hydrogen-bond acceptors (Lipinski definition) is 5. The lowest BCUT2D eigenvalue weighted by Crippen LogP contribution is -2.38. The molecule has 0 amide bonds. The van der Waals surface area contributed by atoms with Crippen molar-refractivity contribution in [2.45, 2.75) is 26.4 Å². The second-order valence-electron chi connectivity index (χ2n) is 8.45. The Hall–Kier alpha value is -3.90. The molecule has 0 aliphatic rings. The minimum absolute atomic E-state index is 0.161. The first-order valence-electron chi connectivity index (χ1n) is 11.3.